The lowest BCUT2D eigenvalue weighted by atomic mass is 9.86. The van der Waals surface area contributed by atoms with Gasteiger partial charge in [0.1, 0.15) is 0 Å². The predicted molar refractivity (Wildman–Crippen MR) is 104 cm³/mol. The molecule has 2 heterocycles. The second-order valence-electron chi connectivity index (χ2n) is 7.21. The van der Waals surface area contributed by atoms with E-state index in [1.165, 1.54) is 7.11 Å². The van der Waals surface area contributed by atoms with Crippen LogP contribution in [0.15, 0.2) is 17.2 Å². The van der Waals surface area contributed by atoms with Crippen LogP contribution >= 0.6 is 0 Å². The molecule has 1 aromatic carbocycles. The van der Waals surface area contributed by atoms with E-state index < -0.39 is 4.92 Å². The minimum Gasteiger partial charge on any atom is -0.493 e. The first kappa shape index (κ1) is 19.4. The van der Waals surface area contributed by atoms with Crippen LogP contribution in [0.5, 0.6) is 11.5 Å². The summed E-state index contributed by atoms with van der Waals surface area (Å²) in [5.74, 6) is 0.821. The monoisotopic (exact) mass is 376 g/mol. The number of nitrogens with zero attached hydrogens (tertiary/aromatic N) is 3. The largest absolute Gasteiger partial charge is 0.493 e. The zero-order chi connectivity index (χ0) is 19.4. The van der Waals surface area contributed by atoms with Gasteiger partial charge in [-0.2, -0.15) is 5.10 Å². The van der Waals surface area contributed by atoms with Crippen LogP contribution < -0.4 is 14.9 Å². The van der Waals surface area contributed by atoms with Gasteiger partial charge in [-0.15, -0.1) is 0 Å². The Hall–Kier alpha value is -2.35. The van der Waals surface area contributed by atoms with E-state index in [2.05, 4.69) is 29.4 Å². The number of fused-ring (bicyclic) bond motifs is 1. The Labute approximate surface area is 159 Å². The molecule has 8 heteroatoms. The Morgan fingerprint density at radius 1 is 1.41 bits per heavy atom. The van der Waals surface area contributed by atoms with Crippen molar-refractivity contribution >= 4 is 11.4 Å². The van der Waals surface area contributed by atoms with Crippen molar-refractivity contribution in [2.24, 2.45) is 11.0 Å². The van der Waals surface area contributed by atoms with Gasteiger partial charge in [-0.1, -0.05) is 19.8 Å². The number of unbranched alkanes of at least 4 members (excludes halogenated alkanes) is 2. The summed E-state index contributed by atoms with van der Waals surface area (Å²) in [5, 5.41) is 16.2. The van der Waals surface area contributed by atoms with Crippen molar-refractivity contribution in [3.63, 3.8) is 0 Å². The lowest BCUT2D eigenvalue weighted by Crippen LogP contribution is -2.39. The summed E-state index contributed by atoms with van der Waals surface area (Å²) >= 11 is 0. The molecule has 1 saturated heterocycles. The molecule has 3 rings (SSSR count). The summed E-state index contributed by atoms with van der Waals surface area (Å²) in [6.45, 7) is 4.40. The first-order chi connectivity index (χ1) is 13.0. The van der Waals surface area contributed by atoms with E-state index in [0.29, 0.717) is 12.4 Å². The van der Waals surface area contributed by atoms with Gasteiger partial charge in [-0.25, -0.2) is 0 Å². The number of benzene rings is 1. The lowest BCUT2D eigenvalue weighted by Gasteiger charge is -2.31. The second kappa shape index (κ2) is 8.56. The lowest BCUT2D eigenvalue weighted by molar-refractivity contribution is -0.386. The van der Waals surface area contributed by atoms with Crippen LogP contribution in [0.4, 0.5) is 5.69 Å². The number of ether oxygens (including phenoxy) is 2. The molecule has 2 unspecified atom stereocenters. The van der Waals surface area contributed by atoms with E-state index in [1.807, 2.05) is 6.07 Å². The first-order valence-corrected chi connectivity index (χ1v) is 9.54. The Bertz CT molecular complexity index is 722. The molecular weight excluding hydrogens is 348 g/mol. The van der Waals surface area contributed by atoms with Crippen molar-refractivity contribution < 1.29 is 14.4 Å². The smallest absolute Gasteiger partial charge is 0.315 e. The molecule has 2 atom stereocenters. The fourth-order valence-electron chi connectivity index (χ4n) is 3.76. The fraction of sp³-hybridized carbons (Fsp3) is 0.632. The zero-order valence-corrected chi connectivity index (χ0v) is 16.2. The van der Waals surface area contributed by atoms with Crippen molar-refractivity contribution in [1.82, 2.24) is 10.3 Å². The molecule has 27 heavy (non-hydrogen) atoms. The highest BCUT2D eigenvalue weighted by atomic mass is 16.6. The molecule has 1 N–H and O–H groups in total. The third kappa shape index (κ3) is 4.16. The molecule has 1 fully saturated rings. The number of rotatable bonds is 8. The van der Waals surface area contributed by atoms with Crippen LogP contribution in [0, 0.1) is 16.0 Å². The quantitative estimate of drug-likeness (QED) is 0.426. The molecule has 0 bridgehead atoms. The highest BCUT2D eigenvalue weighted by Gasteiger charge is 2.37. The molecule has 0 spiro atoms. The standard InChI is InChI=1S/C19H28N4O4/c1-4-5-6-9-27-19-16(23(24)25)10-13(11-17(19)26-3)18-14-12-22(2)8-7-15(14)20-21-18/h10-11,14,18,21H,4-9,12H2,1-3H3. The maximum atomic E-state index is 11.7. The first-order valence-electron chi connectivity index (χ1n) is 9.54. The summed E-state index contributed by atoms with van der Waals surface area (Å²) in [6, 6.07) is 3.35. The molecule has 0 amide bonds. The summed E-state index contributed by atoms with van der Waals surface area (Å²) in [5.41, 5.74) is 5.06. The predicted octanol–water partition coefficient (Wildman–Crippen LogP) is 3.12. The molecule has 8 nitrogen and oxygen atoms in total. The highest BCUT2D eigenvalue weighted by Crippen LogP contribution is 2.42. The van der Waals surface area contributed by atoms with E-state index in [-0.39, 0.29) is 23.4 Å². The summed E-state index contributed by atoms with van der Waals surface area (Å²) in [6.07, 6.45) is 3.86. The zero-order valence-electron chi connectivity index (χ0n) is 16.2. The Kier molecular flexibility index (Phi) is 6.15. The molecule has 1 aromatic rings. The van der Waals surface area contributed by atoms with E-state index in [9.17, 15) is 10.1 Å². The van der Waals surface area contributed by atoms with Gasteiger partial charge in [0.05, 0.1) is 24.7 Å². The van der Waals surface area contributed by atoms with Gasteiger partial charge in [0.15, 0.2) is 5.75 Å². The molecule has 0 saturated carbocycles. The van der Waals surface area contributed by atoms with Gasteiger partial charge in [0, 0.05) is 37.2 Å². The van der Waals surface area contributed by atoms with Crippen molar-refractivity contribution in [3.05, 3.63) is 27.8 Å². The second-order valence-corrected chi connectivity index (χ2v) is 7.21. The SMILES string of the molecule is CCCCCOc1c(OC)cc(C2NN=C3CCN(C)CC32)cc1[N+](=O)[O-]. The fourth-order valence-corrected chi connectivity index (χ4v) is 3.76. The Morgan fingerprint density at radius 2 is 2.22 bits per heavy atom. The minimum absolute atomic E-state index is 0.0553. The molecule has 0 radical (unpaired) electrons. The number of hydrogen-bond acceptors (Lipinski definition) is 7. The molecular formula is C19H28N4O4. The van der Waals surface area contributed by atoms with Crippen molar-refractivity contribution in [2.45, 2.75) is 38.6 Å². The summed E-state index contributed by atoms with van der Waals surface area (Å²) < 4.78 is 11.2. The average molecular weight is 376 g/mol. The minimum atomic E-state index is -0.398. The molecule has 2 aliphatic heterocycles. The highest BCUT2D eigenvalue weighted by molar-refractivity contribution is 5.90. The summed E-state index contributed by atoms with van der Waals surface area (Å²) in [4.78, 5) is 13.6. The average Bonchev–Trinajstić information content (AvgIpc) is 3.07. The van der Waals surface area contributed by atoms with E-state index >= 15 is 0 Å². The van der Waals surface area contributed by atoms with Gasteiger partial charge < -0.3 is 19.8 Å². The number of nitro groups is 1. The van der Waals surface area contributed by atoms with E-state index in [4.69, 9.17) is 9.47 Å². The maximum absolute atomic E-state index is 11.7. The van der Waals surface area contributed by atoms with Crippen LogP contribution in [-0.2, 0) is 0 Å². The van der Waals surface area contributed by atoms with E-state index in [1.54, 1.807) is 6.07 Å². The summed E-state index contributed by atoms with van der Waals surface area (Å²) in [7, 11) is 3.60. The van der Waals surface area contributed by atoms with E-state index in [0.717, 1.165) is 50.0 Å². The van der Waals surface area contributed by atoms with Crippen molar-refractivity contribution in [2.75, 3.05) is 33.9 Å². The van der Waals surface area contributed by atoms with Gasteiger partial charge >= 0.3 is 5.69 Å². The number of nitrogens with one attached hydrogen (secondary N) is 1. The number of methoxy groups -OCH3 is 1. The number of hydrazone groups is 1. The third-order valence-corrected chi connectivity index (χ3v) is 5.26. The van der Waals surface area contributed by atoms with Gasteiger partial charge in [-0.05, 0) is 25.1 Å². The molecule has 2 aliphatic rings. The third-order valence-electron chi connectivity index (χ3n) is 5.26. The van der Waals surface area contributed by atoms with Crippen LogP contribution in [0.25, 0.3) is 0 Å². The number of piperidine rings is 1. The van der Waals surface area contributed by atoms with Crippen molar-refractivity contribution in [3.8, 4) is 11.5 Å². The van der Waals surface area contributed by atoms with Crippen LogP contribution in [-0.4, -0.2) is 49.4 Å². The van der Waals surface area contributed by atoms with Crippen LogP contribution in [0.1, 0.15) is 44.2 Å². The Balaban J connectivity index is 1.88. The van der Waals surface area contributed by atoms with Gasteiger partial charge in [-0.3, -0.25) is 10.1 Å². The molecule has 0 aliphatic carbocycles. The molecule has 0 aromatic heterocycles. The van der Waals surface area contributed by atoms with Gasteiger partial charge in [0.25, 0.3) is 0 Å². The van der Waals surface area contributed by atoms with Gasteiger partial charge in [0.2, 0.25) is 5.75 Å². The molecule has 148 valence electrons. The van der Waals surface area contributed by atoms with Crippen molar-refractivity contribution in [1.29, 1.82) is 0 Å². The number of likely N-dealkylation sites (tertiary alicyclic amines) is 1. The normalized spacial score (nSPS) is 22.0. The topological polar surface area (TPSA) is 89.2 Å². The maximum Gasteiger partial charge on any atom is 0.315 e. The number of nitro benzene ring substituents is 1. The number of hydrogen-bond donors (Lipinski definition) is 1. The van der Waals surface area contributed by atoms with Crippen LogP contribution in [0.3, 0.4) is 0 Å². The van der Waals surface area contributed by atoms with Crippen LogP contribution in [0.2, 0.25) is 0 Å². The Morgan fingerprint density at radius 3 is 2.93 bits per heavy atom.